The van der Waals surface area contributed by atoms with Crippen LogP contribution in [0.15, 0.2) is 5.38 Å². The fourth-order valence-corrected chi connectivity index (χ4v) is 3.06. The minimum atomic E-state index is -0.607. The van der Waals surface area contributed by atoms with E-state index >= 15 is 0 Å². The van der Waals surface area contributed by atoms with E-state index in [9.17, 15) is 9.59 Å². The molecular formula is C12H13N3O3S2. The lowest BCUT2D eigenvalue weighted by molar-refractivity contribution is 0.0591. The van der Waals surface area contributed by atoms with Crippen LogP contribution in [0.2, 0.25) is 0 Å². The second-order valence-corrected chi connectivity index (χ2v) is 5.92. The molecule has 0 aliphatic rings. The average Bonchev–Trinajstić information content (AvgIpc) is 3.01. The lowest BCUT2D eigenvalue weighted by Gasteiger charge is -1.97. The molecule has 0 aromatic carbocycles. The summed E-state index contributed by atoms with van der Waals surface area (Å²) >= 11 is 2.68. The molecule has 0 saturated carbocycles. The third kappa shape index (κ3) is 3.20. The van der Waals surface area contributed by atoms with Crippen molar-refractivity contribution in [1.82, 2.24) is 9.97 Å². The normalized spacial score (nSPS) is 10.3. The summed E-state index contributed by atoms with van der Waals surface area (Å²) in [6.07, 6.45) is 0. The zero-order valence-electron chi connectivity index (χ0n) is 11.2. The topological polar surface area (TPSA) is 81.2 Å². The van der Waals surface area contributed by atoms with Crippen molar-refractivity contribution in [3.63, 3.8) is 0 Å². The number of esters is 1. The van der Waals surface area contributed by atoms with Gasteiger partial charge in [0, 0.05) is 18.0 Å². The van der Waals surface area contributed by atoms with E-state index in [4.69, 9.17) is 0 Å². The fourth-order valence-electron chi connectivity index (χ4n) is 1.50. The van der Waals surface area contributed by atoms with E-state index in [0.717, 1.165) is 22.0 Å². The first-order chi connectivity index (χ1) is 9.51. The highest BCUT2D eigenvalue weighted by Crippen LogP contribution is 2.25. The number of anilines is 1. The molecule has 1 N–H and O–H groups in total. The summed E-state index contributed by atoms with van der Waals surface area (Å²) in [5.41, 5.74) is 1.02. The third-order valence-corrected chi connectivity index (χ3v) is 4.46. The predicted molar refractivity (Wildman–Crippen MR) is 77.6 cm³/mol. The number of ketones is 1. The number of carbonyl (C=O) groups excluding carboxylic acids is 2. The molecule has 2 aromatic rings. The number of thiazole rings is 2. The maximum Gasteiger partial charge on any atom is 0.358 e. The Bertz CT molecular complexity index is 648. The van der Waals surface area contributed by atoms with Crippen LogP contribution in [0.25, 0.3) is 0 Å². The van der Waals surface area contributed by atoms with Crippen LogP contribution in [-0.2, 0) is 11.3 Å². The Balaban J connectivity index is 2.16. The Hall–Kier alpha value is -1.80. The summed E-state index contributed by atoms with van der Waals surface area (Å²) in [5, 5.41) is 6.44. The zero-order valence-corrected chi connectivity index (χ0v) is 12.9. The summed E-state index contributed by atoms with van der Waals surface area (Å²) in [5.74, 6) is -0.814. The van der Waals surface area contributed by atoms with E-state index < -0.39 is 5.97 Å². The minimum absolute atomic E-state index is 0.0582. The summed E-state index contributed by atoms with van der Waals surface area (Å²) in [4.78, 5) is 31.8. The van der Waals surface area contributed by atoms with Gasteiger partial charge in [-0.05, 0) is 6.92 Å². The number of rotatable bonds is 5. The lowest BCUT2D eigenvalue weighted by Crippen LogP contribution is -2.07. The number of carbonyl (C=O) groups is 2. The average molecular weight is 311 g/mol. The summed E-state index contributed by atoms with van der Waals surface area (Å²) in [7, 11) is 1.26. The number of hydrogen-bond donors (Lipinski definition) is 1. The van der Waals surface area contributed by atoms with Crippen LogP contribution in [0.4, 0.5) is 5.13 Å². The van der Waals surface area contributed by atoms with Crippen LogP contribution >= 0.6 is 22.7 Å². The van der Waals surface area contributed by atoms with Gasteiger partial charge < -0.3 is 10.1 Å². The Kier molecular flexibility index (Phi) is 4.46. The summed E-state index contributed by atoms with van der Waals surface area (Å²) < 4.78 is 4.62. The third-order valence-electron chi connectivity index (χ3n) is 2.38. The molecule has 0 radical (unpaired) electrons. The monoisotopic (exact) mass is 311 g/mol. The summed E-state index contributed by atoms with van der Waals surface area (Å²) in [6.45, 7) is 3.82. The molecule has 0 unspecified atom stereocenters. The first-order valence-corrected chi connectivity index (χ1v) is 7.46. The van der Waals surface area contributed by atoms with Crippen molar-refractivity contribution in [1.29, 1.82) is 0 Å². The molecule has 0 aliphatic heterocycles. The van der Waals surface area contributed by atoms with Gasteiger partial charge in [-0.3, -0.25) is 4.79 Å². The Morgan fingerprint density at radius 1 is 1.40 bits per heavy atom. The van der Waals surface area contributed by atoms with Gasteiger partial charge in [0.2, 0.25) is 0 Å². The van der Waals surface area contributed by atoms with Crippen molar-refractivity contribution < 1.29 is 14.3 Å². The van der Waals surface area contributed by atoms with Crippen LogP contribution in [0.1, 0.15) is 37.8 Å². The maximum absolute atomic E-state index is 11.6. The number of hydrogen-bond acceptors (Lipinski definition) is 8. The highest BCUT2D eigenvalue weighted by atomic mass is 32.1. The molecule has 0 saturated heterocycles. The van der Waals surface area contributed by atoms with Crippen LogP contribution in [-0.4, -0.2) is 28.8 Å². The summed E-state index contributed by atoms with van der Waals surface area (Å²) in [6, 6.07) is 0. The van der Waals surface area contributed by atoms with Crippen molar-refractivity contribution >= 4 is 39.6 Å². The molecule has 0 spiro atoms. The van der Waals surface area contributed by atoms with Crippen LogP contribution in [0.3, 0.4) is 0 Å². The molecule has 0 bridgehead atoms. The Labute approximate surface area is 123 Å². The first-order valence-electron chi connectivity index (χ1n) is 5.76. The number of ether oxygens (including phenoxy) is 1. The molecule has 2 aromatic heterocycles. The first kappa shape index (κ1) is 14.6. The van der Waals surface area contributed by atoms with E-state index in [-0.39, 0.29) is 11.5 Å². The molecular weight excluding hydrogens is 298 g/mol. The maximum atomic E-state index is 11.6. The van der Waals surface area contributed by atoms with Crippen molar-refractivity contribution in [3.8, 4) is 0 Å². The van der Waals surface area contributed by atoms with Crippen molar-refractivity contribution in [2.75, 3.05) is 12.4 Å². The lowest BCUT2D eigenvalue weighted by atomic mass is 10.3. The highest BCUT2D eigenvalue weighted by molar-refractivity contribution is 7.17. The number of aromatic nitrogens is 2. The molecule has 0 amide bonds. The second-order valence-electron chi connectivity index (χ2n) is 3.98. The minimum Gasteiger partial charge on any atom is -0.464 e. The molecule has 2 rings (SSSR count). The van der Waals surface area contributed by atoms with Gasteiger partial charge in [0.1, 0.15) is 9.88 Å². The Morgan fingerprint density at radius 3 is 2.70 bits per heavy atom. The molecule has 106 valence electrons. The number of aryl methyl sites for hydroxylation is 1. The van der Waals surface area contributed by atoms with Crippen LogP contribution in [0, 0.1) is 6.92 Å². The van der Waals surface area contributed by atoms with Gasteiger partial charge in [-0.2, -0.15) is 0 Å². The van der Waals surface area contributed by atoms with Gasteiger partial charge in [0.05, 0.1) is 13.7 Å². The van der Waals surface area contributed by atoms with Gasteiger partial charge in [-0.1, -0.05) is 11.3 Å². The molecule has 2 heterocycles. The number of Topliss-reactive ketones (excluding diaryl/α,β-unsaturated/α-hetero) is 1. The molecule has 20 heavy (non-hydrogen) atoms. The van der Waals surface area contributed by atoms with Gasteiger partial charge >= 0.3 is 5.97 Å². The predicted octanol–water partition coefficient (Wildman–Crippen LogP) is 2.51. The number of nitrogens with zero attached hydrogens (tertiary/aromatic N) is 2. The van der Waals surface area contributed by atoms with Crippen molar-refractivity contribution in [3.05, 3.63) is 26.7 Å². The van der Waals surface area contributed by atoms with Gasteiger partial charge in [-0.15, -0.1) is 11.3 Å². The second kappa shape index (κ2) is 6.10. The molecule has 0 atom stereocenters. The standard InChI is InChI=1S/C12H13N3O3S2/c1-6-5-19-8(14-6)4-13-12-15-9(11(17)18-3)10(20-12)7(2)16/h5H,4H2,1-3H3,(H,13,15). The zero-order chi connectivity index (χ0) is 14.7. The Morgan fingerprint density at radius 2 is 2.15 bits per heavy atom. The van der Waals surface area contributed by atoms with E-state index in [1.807, 2.05) is 12.3 Å². The molecule has 6 nitrogen and oxygen atoms in total. The molecule has 8 heteroatoms. The van der Waals surface area contributed by atoms with Crippen molar-refractivity contribution in [2.45, 2.75) is 20.4 Å². The van der Waals surface area contributed by atoms with Gasteiger partial charge in [0.25, 0.3) is 0 Å². The largest absolute Gasteiger partial charge is 0.464 e. The molecule has 0 aliphatic carbocycles. The number of nitrogens with one attached hydrogen (secondary N) is 1. The SMILES string of the molecule is COC(=O)c1nc(NCc2nc(C)cs2)sc1C(C)=O. The highest BCUT2D eigenvalue weighted by Gasteiger charge is 2.21. The van der Waals surface area contributed by atoms with E-state index in [2.05, 4.69) is 20.0 Å². The van der Waals surface area contributed by atoms with E-state index in [0.29, 0.717) is 16.6 Å². The van der Waals surface area contributed by atoms with Crippen molar-refractivity contribution in [2.24, 2.45) is 0 Å². The quantitative estimate of drug-likeness (QED) is 0.675. The molecule has 0 fully saturated rings. The van der Waals surface area contributed by atoms with Crippen LogP contribution in [0.5, 0.6) is 0 Å². The van der Waals surface area contributed by atoms with E-state index in [1.54, 1.807) is 11.3 Å². The van der Waals surface area contributed by atoms with Crippen LogP contribution < -0.4 is 5.32 Å². The van der Waals surface area contributed by atoms with E-state index in [1.165, 1.54) is 14.0 Å². The van der Waals surface area contributed by atoms with Gasteiger partial charge in [0.15, 0.2) is 16.6 Å². The smallest absolute Gasteiger partial charge is 0.358 e. The van der Waals surface area contributed by atoms with Gasteiger partial charge in [-0.25, -0.2) is 14.8 Å². The fraction of sp³-hybridized carbons (Fsp3) is 0.333. The number of methoxy groups -OCH3 is 1.